The molecule has 23 heavy (non-hydrogen) atoms. The zero-order valence-corrected chi connectivity index (χ0v) is 13.9. The summed E-state index contributed by atoms with van der Waals surface area (Å²) in [4.78, 5) is 22.4. The van der Waals surface area contributed by atoms with E-state index < -0.39 is 16.9 Å². The molecule has 9 nitrogen and oxygen atoms in total. The van der Waals surface area contributed by atoms with Gasteiger partial charge in [-0.2, -0.15) is 5.10 Å². The van der Waals surface area contributed by atoms with Gasteiger partial charge in [-0.25, -0.2) is 0 Å². The molecule has 1 aliphatic carbocycles. The number of hydrogen-bond acceptors (Lipinski definition) is 5. The molecule has 1 aromatic rings. The van der Waals surface area contributed by atoms with Crippen molar-refractivity contribution in [1.82, 2.24) is 25.9 Å². The molecule has 1 fully saturated rings. The first-order valence-electron chi connectivity index (χ1n) is 7.45. The molecule has 1 atom stereocenters. The van der Waals surface area contributed by atoms with Crippen LogP contribution in [0.1, 0.15) is 44.3 Å². The van der Waals surface area contributed by atoms with Crippen LogP contribution in [0.2, 0.25) is 0 Å². The van der Waals surface area contributed by atoms with Gasteiger partial charge < -0.3 is 5.32 Å². The van der Waals surface area contributed by atoms with E-state index in [2.05, 4.69) is 21.3 Å². The fourth-order valence-corrected chi connectivity index (χ4v) is 2.70. The Bertz CT molecular complexity index is 611. The first-order valence-corrected chi connectivity index (χ1v) is 7.86. The van der Waals surface area contributed by atoms with Gasteiger partial charge in [0, 0.05) is 6.04 Å². The third kappa shape index (κ3) is 4.38. The van der Waals surface area contributed by atoms with Crippen LogP contribution in [0.5, 0.6) is 0 Å². The van der Waals surface area contributed by atoms with Gasteiger partial charge in [0.25, 0.3) is 5.91 Å². The molecule has 3 N–H and O–H groups in total. The van der Waals surface area contributed by atoms with Crippen molar-refractivity contribution in [1.29, 1.82) is 0 Å². The van der Waals surface area contributed by atoms with Crippen LogP contribution in [0.3, 0.4) is 0 Å². The third-order valence-corrected chi connectivity index (χ3v) is 4.07. The fraction of sp³-hybridized carbons (Fsp3) is 0.615. The van der Waals surface area contributed by atoms with E-state index in [0.29, 0.717) is 11.2 Å². The zero-order chi connectivity index (χ0) is 17.0. The number of carbonyl (C=O) groups excluding carboxylic acids is 1. The van der Waals surface area contributed by atoms with Gasteiger partial charge in [0.1, 0.15) is 17.9 Å². The molecule has 0 bridgehead atoms. The summed E-state index contributed by atoms with van der Waals surface area (Å²) in [7, 11) is 0. The lowest BCUT2D eigenvalue weighted by Crippen LogP contribution is -2.50. The van der Waals surface area contributed by atoms with E-state index in [0.717, 1.165) is 12.8 Å². The molecule has 0 aromatic carbocycles. The number of aromatic nitrogens is 2. The Hall–Kier alpha value is -2.23. The van der Waals surface area contributed by atoms with E-state index >= 15 is 0 Å². The average Bonchev–Trinajstić information content (AvgIpc) is 3.13. The number of rotatable bonds is 4. The summed E-state index contributed by atoms with van der Waals surface area (Å²) < 4.78 is 1.26. The van der Waals surface area contributed by atoms with Gasteiger partial charge in [0.05, 0.1) is 4.92 Å². The predicted octanol–water partition coefficient (Wildman–Crippen LogP) is 1.10. The molecular weight excluding hydrogens is 320 g/mol. The molecule has 0 unspecified atom stereocenters. The zero-order valence-electron chi connectivity index (χ0n) is 13.0. The number of amides is 1. The molecule has 1 heterocycles. The second-order valence-electron chi connectivity index (χ2n) is 5.58. The van der Waals surface area contributed by atoms with Crippen molar-refractivity contribution in [2.45, 2.75) is 51.6 Å². The maximum atomic E-state index is 12.1. The Morgan fingerprint density at radius 2 is 2.13 bits per heavy atom. The first kappa shape index (κ1) is 17.1. The molecule has 0 saturated heterocycles. The topological polar surface area (TPSA) is 114 Å². The van der Waals surface area contributed by atoms with Gasteiger partial charge in [0.2, 0.25) is 0 Å². The van der Waals surface area contributed by atoms with Crippen LogP contribution < -0.4 is 16.2 Å². The Balaban J connectivity index is 1.85. The number of hydrazine groups is 1. The molecule has 2 rings (SSSR count). The normalized spacial score (nSPS) is 15.9. The van der Waals surface area contributed by atoms with Gasteiger partial charge in [-0.3, -0.25) is 30.4 Å². The van der Waals surface area contributed by atoms with E-state index in [1.807, 2.05) is 0 Å². The van der Waals surface area contributed by atoms with Crippen LogP contribution in [0.4, 0.5) is 5.69 Å². The highest BCUT2D eigenvalue weighted by molar-refractivity contribution is 7.80. The Labute approximate surface area is 138 Å². The predicted molar refractivity (Wildman–Crippen MR) is 87.6 cm³/mol. The maximum Gasteiger partial charge on any atom is 0.309 e. The minimum Gasteiger partial charge on any atom is -0.359 e. The van der Waals surface area contributed by atoms with E-state index in [-0.39, 0.29) is 11.4 Å². The molecular formula is C13H20N6O3S. The number of nitrogens with zero attached hydrogens (tertiary/aromatic N) is 3. The lowest BCUT2D eigenvalue weighted by atomic mass is 10.3. The third-order valence-electron chi connectivity index (χ3n) is 3.85. The van der Waals surface area contributed by atoms with Gasteiger partial charge in [0.15, 0.2) is 5.11 Å². The number of aryl methyl sites for hydroxylation is 1. The van der Waals surface area contributed by atoms with Crippen molar-refractivity contribution in [3.05, 3.63) is 22.0 Å². The van der Waals surface area contributed by atoms with Gasteiger partial charge >= 0.3 is 5.69 Å². The highest BCUT2D eigenvalue weighted by Gasteiger charge is 2.22. The number of nitrogens with one attached hydrogen (secondary N) is 3. The average molecular weight is 340 g/mol. The summed E-state index contributed by atoms with van der Waals surface area (Å²) in [5.41, 5.74) is 5.29. The SMILES string of the molecule is Cc1nn([C@H](C)C(=O)NNC(=S)NC2CCCC2)cc1[N+](=O)[O-]. The lowest BCUT2D eigenvalue weighted by Gasteiger charge is -2.17. The Morgan fingerprint density at radius 3 is 2.70 bits per heavy atom. The van der Waals surface area contributed by atoms with Crippen LogP contribution in [0, 0.1) is 17.0 Å². The molecule has 1 amide bonds. The van der Waals surface area contributed by atoms with Crippen LogP contribution >= 0.6 is 12.2 Å². The molecule has 126 valence electrons. The van der Waals surface area contributed by atoms with E-state index in [1.54, 1.807) is 6.92 Å². The summed E-state index contributed by atoms with van der Waals surface area (Å²) in [6.07, 6.45) is 5.75. The van der Waals surface area contributed by atoms with Gasteiger partial charge in [-0.1, -0.05) is 12.8 Å². The van der Waals surface area contributed by atoms with Crippen molar-refractivity contribution in [3.63, 3.8) is 0 Å². The Morgan fingerprint density at radius 1 is 1.48 bits per heavy atom. The van der Waals surface area contributed by atoms with Crippen molar-refractivity contribution < 1.29 is 9.72 Å². The van der Waals surface area contributed by atoms with Crippen LogP contribution in [-0.4, -0.2) is 31.8 Å². The van der Waals surface area contributed by atoms with Crippen molar-refractivity contribution in [2.75, 3.05) is 0 Å². The first-order chi connectivity index (χ1) is 10.9. The van der Waals surface area contributed by atoms with E-state index in [9.17, 15) is 14.9 Å². The quantitative estimate of drug-likeness (QED) is 0.427. The van der Waals surface area contributed by atoms with E-state index in [1.165, 1.54) is 30.6 Å². The minimum absolute atomic E-state index is 0.115. The molecule has 0 aliphatic heterocycles. The summed E-state index contributed by atoms with van der Waals surface area (Å²) in [5.74, 6) is -0.391. The molecule has 0 radical (unpaired) electrons. The summed E-state index contributed by atoms with van der Waals surface area (Å²) in [5, 5.41) is 18.3. The smallest absolute Gasteiger partial charge is 0.309 e. The molecule has 10 heteroatoms. The highest BCUT2D eigenvalue weighted by Crippen LogP contribution is 2.18. The van der Waals surface area contributed by atoms with E-state index in [4.69, 9.17) is 12.2 Å². The van der Waals surface area contributed by atoms with Gasteiger partial charge in [-0.05, 0) is 38.9 Å². The fourth-order valence-electron chi connectivity index (χ4n) is 2.48. The Kier molecular flexibility index (Phi) is 5.48. The van der Waals surface area contributed by atoms with Crippen molar-refractivity contribution in [2.24, 2.45) is 0 Å². The summed E-state index contributed by atoms with van der Waals surface area (Å²) in [6.45, 7) is 3.12. The number of thiocarbonyl (C=S) groups is 1. The molecule has 1 saturated carbocycles. The van der Waals surface area contributed by atoms with Gasteiger partial charge in [-0.15, -0.1) is 0 Å². The number of hydrogen-bond donors (Lipinski definition) is 3. The summed E-state index contributed by atoms with van der Waals surface area (Å²) in [6, 6.07) is -0.357. The lowest BCUT2D eigenvalue weighted by molar-refractivity contribution is -0.385. The maximum absolute atomic E-state index is 12.1. The van der Waals surface area contributed by atoms with Crippen LogP contribution in [-0.2, 0) is 4.79 Å². The molecule has 0 spiro atoms. The van der Waals surface area contributed by atoms with Crippen molar-refractivity contribution >= 4 is 28.9 Å². The largest absolute Gasteiger partial charge is 0.359 e. The second-order valence-corrected chi connectivity index (χ2v) is 5.99. The van der Waals surface area contributed by atoms with Crippen LogP contribution in [0.15, 0.2) is 6.20 Å². The molecule has 1 aliphatic rings. The highest BCUT2D eigenvalue weighted by atomic mass is 32.1. The minimum atomic E-state index is -0.704. The van der Waals surface area contributed by atoms with Crippen molar-refractivity contribution in [3.8, 4) is 0 Å². The second kappa shape index (κ2) is 7.36. The monoisotopic (exact) mass is 340 g/mol. The standard InChI is InChI=1S/C13H20N6O3S/c1-8-11(19(21)22)7-18(17-8)9(2)12(20)15-16-13(23)14-10-5-3-4-6-10/h7,9-10H,3-6H2,1-2H3,(H,15,20)(H2,14,16,23)/t9-/m1/s1. The van der Waals surface area contributed by atoms with Crippen LogP contribution in [0.25, 0.3) is 0 Å². The number of nitro groups is 1. The molecule has 1 aromatic heterocycles. The number of carbonyl (C=O) groups is 1. The summed E-state index contributed by atoms with van der Waals surface area (Å²) >= 11 is 5.12.